The number of piperidine rings is 1. The predicted octanol–water partition coefficient (Wildman–Crippen LogP) is 1.54. The number of amides is 1. The Kier molecular flexibility index (Phi) is 4.09. The van der Waals surface area contributed by atoms with Crippen LogP contribution in [0, 0.1) is 11.6 Å². The lowest BCUT2D eigenvalue weighted by Gasteiger charge is -2.25. The fourth-order valence-electron chi connectivity index (χ4n) is 1.82. The van der Waals surface area contributed by atoms with Gasteiger partial charge in [0.25, 0.3) is 5.91 Å². The molecule has 1 aliphatic rings. The number of carbonyl (C=O) groups is 2. The summed E-state index contributed by atoms with van der Waals surface area (Å²) in [6.45, 7) is 0.341. The Bertz CT molecular complexity index is 495. The normalized spacial score (nSPS) is 15.5. The van der Waals surface area contributed by atoms with Gasteiger partial charge in [0, 0.05) is 32.0 Å². The maximum absolute atomic E-state index is 13.3. The number of halogens is 2. The molecule has 0 unspecified atom stereocenters. The zero-order valence-corrected chi connectivity index (χ0v) is 10.2. The number of Topliss-reactive ketones (excluding diaryl/α,β-unsaturated/α-hetero) is 1. The lowest BCUT2D eigenvalue weighted by Crippen LogP contribution is -2.41. The first kappa shape index (κ1) is 13.5. The summed E-state index contributed by atoms with van der Waals surface area (Å²) in [5.74, 6) is -1.85. The van der Waals surface area contributed by atoms with Crippen LogP contribution in [0.25, 0.3) is 0 Å². The van der Waals surface area contributed by atoms with Crippen molar-refractivity contribution in [3.05, 3.63) is 29.8 Å². The molecule has 102 valence electrons. The highest BCUT2D eigenvalue weighted by molar-refractivity contribution is 5.83. The van der Waals surface area contributed by atoms with E-state index in [1.54, 1.807) is 0 Å². The largest absolute Gasteiger partial charge is 0.481 e. The summed E-state index contributed by atoms with van der Waals surface area (Å²) in [6.07, 6.45) is 0.667. The highest BCUT2D eigenvalue weighted by Gasteiger charge is 2.21. The molecule has 0 aliphatic carbocycles. The monoisotopic (exact) mass is 269 g/mol. The van der Waals surface area contributed by atoms with E-state index in [1.807, 2.05) is 0 Å². The van der Waals surface area contributed by atoms with Crippen LogP contribution in [0.5, 0.6) is 5.75 Å². The van der Waals surface area contributed by atoms with Crippen LogP contribution in [0.1, 0.15) is 12.8 Å². The second kappa shape index (κ2) is 5.77. The standard InChI is InChI=1S/C13H13F2NO3/c14-9-1-2-11(15)12(7-9)19-8-13(18)16-5-3-10(17)4-6-16/h1-2,7H,3-6,8H2. The van der Waals surface area contributed by atoms with Gasteiger partial charge in [-0.05, 0) is 12.1 Å². The molecule has 1 aromatic rings. The third-order valence-electron chi connectivity index (χ3n) is 2.92. The minimum Gasteiger partial charge on any atom is -0.481 e. The maximum Gasteiger partial charge on any atom is 0.260 e. The average Bonchev–Trinajstić information content (AvgIpc) is 2.40. The van der Waals surface area contributed by atoms with Crippen molar-refractivity contribution >= 4 is 11.7 Å². The Hall–Kier alpha value is -1.98. The summed E-state index contributed by atoms with van der Waals surface area (Å²) in [5.41, 5.74) is 0. The fourth-order valence-corrected chi connectivity index (χ4v) is 1.82. The Labute approximate surface area is 109 Å². The van der Waals surface area contributed by atoms with Crippen LogP contribution in [0.4, 0.5) is 8.78 Å². The number of hydrogen-bond acceptors (Lipinski definition) is 3. The Morgan fingerprint density at radius 1 is 1.26 bits per heavy atom. The molecule has 0 radical (unpaired) electrons. The van der Waals surface area contributed by atoms with Crippen LogP contribution in [-0.2, 0) is 9.59 Å². The molecule has 1 heterocycles. The van der Waals surface area contributed by atoms with Gasteiger partial charge in [0.2, 0.25) is 0 Å². The van der Waals surface area contributed by atoms with Crippen molar-refractivity contribution < 1.29 is 23.1 Å². The molecule has 1 amide bonds. The Morgan fingerprint density at radius 3 is 2.63 bits per heavy atom. The number of benzene rings is 1. The summed E-state index contributed by atoms with van der Waals surface area (Å²) in [4.78, 5) is 24.3. The minimum absolute atomic E-state index is 0.126. The van der Waals surface area contributed by atoms with Crippen molar-refractivity contribution in [2.75, 3.05) is 19.7 Å². The molecule has 0 aromatic heterocycles. The van der Waals surface area contributed by atoms with Crippen molar-refractivity contribution in [3.63, 3.8) is 0 Å². The van der Waals surface area contributed by atoms with Crippen LogP contribution in [0.2, 0.25) is 0 Å². The quantitative estimate of drug-likeness (QED) is 0.836. The van der Waals surface area contributed by atoms with Crippen LogP contribution >= 0.6 is 0 Å². The average molecular weight is 269 g/mol. The summed E-state index contributed by atoms with van der Waals surface area (Å²) in [7, 11) is 0. The Morgan fingerprint density at radius 2 is 1.95 bits per heavy atom. The summed E-state index contributed by atoms with van der Waals surface area (Å²) in [6, 6.07) is 2.80. The number of ether oxygens (including phenoxy) is 1. The summed E-state index contributed by atoms with van der Waals surface area (Å²) < 4.78 is 31.1. The van der Waals surface area contributed by atoms with Gasteiger partial charge >= 0.3 is 0 Å². The second-order valence-electron chi connectivity index (χ2n) is 4.28. The molecule has 1 fully saturated rings. The number of likely N-dealkylation sites (tertiary alicyclic amines) is 1. The number of rotatable bonds is 3. The molecule has 0 saturated carbocycles. The smallest absolute Gasteiger partial charge is 0.260 e. The van der Waals surface area contributed by atoms with Gasteiger partial charge in [0.1, 0.15) is 11.6 Å². The van der Waals surface area contributed by atoms with Gasteiger partial charge < -0.3 is 9.64 Å². The lowest BCUT2D eigenvalue weighted by molar-refractivity contribution is -0.136. The topological polar surface area (TPSA) is 46.6 Å². The summed E-state index contributed by atoms with van der Waals surface area (Å²) >= 11 is 0. The molecule has 0 atom stereocenters. The van der Waals surface area contributed by atoms with E-state index in [2.05, 4.69) is 0 Å². The molecule has 1 aromatic carbocycles. The van der Waals surface area contributed by atoms with E-state index >= 15 is 0 Å². The Balaban J connectivity index is 1.89. The van der Waals surface area contributed by atoms with Crippen molar-refractivity contribution in [3.8, 4) is 5.75 Å². The van der Waals surface area contributed by atoms with E-state index < -0.39 is 11.6 Å². The molecule has 19 heavy (non-hydrogen) atoms. The van der Waals surface area contributed by atoms with Gasteiger partial charge in [0.15, 0.2) is 18.2 Å². The first-order valence-electron chi connectivity index (χ1n) is 5.93. The van der Waals surface area contributed by atoms with Crippen LogP contribution in [0.3, 0.4) is 0 Å². The molecule has 2 rings (SSSR count). The molecule has 0 spiro atoms. The van der Waals surface area contributed by atoms with E-state index in [1.165, 1.54) is 4.90 Å². The van der Waals surface area contributed by atoms with Crippen molar-refractivity contribution in [1.29, 1.82) is 0 Å². The zero-order valence-electron chi connectivity index (χ0n) is 10.2. The van der Waals surface area contributed by atoms with Crippen molar-refractivity contribution in [1.82, 2.24) is 4.90 Å². The van der Waals surface area contributed by atoms with Crippen molar-refractivity contribution in [2.24, 2.45) is 0 Å². The molecular weight excluding hydrogens is 256 g/mol. The molecule has 4 nitrogen and oxygen atoms in total. The van der Waals surface area contributed by atoms with Crippen LogP contribution in [-0.4, -0.2) is 36.3 Å². The molecule has 1 aliphatic heterocycles. The highest BCUT2D eigenvalue weighted by atomic mass is 19.1. The number of hydrogen-bond donors (Lipinski definition) is 0. The number of carbonyl (C=O) groups excluding carboxylic acids is 2. The van der Waals surface area contributed by atoms with Gasteiger partial charge in [-0.15, -0.1) is 0 Å². The number of ketones is 1. The van der Waals surface area contributed by atoms with Gasteiger partial charge in [-0.3, -0.25) is 9.59 Å². The van der Waals surface area contributed by atoms with E-state index in [0.29, 0.717) is 25.9 Å². The third kappa shape index (κ3) is 3.49. The number of nitrogens with zero attached hydrogens (tertiary/aromatic N) is 1. The first-order valence-corrected chi connectivity index (χ1v) is 5.93. The van der Waals surface area contributed by atoms with Crippen molar-refractivity contribution in [2.45, 2.75) is 12.8 Å². The van der Waals surface area contributed by atoms with E-state index in [0.717, 1.165) is 18.2 Å². The van der Waals surface area contributed by atoms with E-state index in [-0.39, 0.29) is 24.0 Å². The minimum atomic E-state index is -0.719. The molecular formula is C13H13F2NO3. The van der Waals surface area contributed by atoms with Gasteiger partial charge in [0.05, 0.1) is 0 Å². The van der Waals surface area contributed by atoms with Gasteiger partial charge in [-0.25, -0.2) is 8.78 Å². The molecule has 0 bridgehead atoms. The fraction of sp³-hybridized carbons (Fsp3) is 0.385. The first-order chi connectivity index (χ1) is 9.06. The molecule has 1 saturated heterocycles. The molecule has 0 N–H and O–H groups in total. The second-order valence-corrected chi connectivity index (χ2v) is 4.28. The summed E-state index contributed by atoms with van der Waals surface area (Å²) in [5, 5.41) is 0. The predicted molar refractivity (Wildman–Crippen MR) is 62.7 cm³/mol. The SMILES string of the molecule is O=C1CCN(C(=O)COc2cc(F)ccc2F)CC1. The third-order valence-corrected chi connectivity index (χ3v) is 2.92. The van der Waals surface area contributed by atoms with Crippen LogP contribution in [0.15, 0.2) is 18.2 Å². The van der Waals surface area contributed by atoms with Crippen LogP contribution < -0.4 is 4.74 Å². The zero-order chi connectivity index (χ0) is 13.8. The van der Waals surface area contributed by atoms with E-state index in [4.69, 9.17) is 4.74 Å². The van der Waals surface area contributed by atoms with Gasteiger partial charge in [-0.2, -0.15) is 0 Å². The van der Waals surface area contributed by atoms with E-state index in [9.17, 15) is 18.4 Å². The lowest BCUT2D eigenvalue weighted by atomic mass is 10.1. The molecule has 6 heteroatoms. The van der Waals surface area contributed by atoms with Gasteiger partial charge in [-0.1, -0.05) is 0 Å². The highest BCUT2D eigenvalue weighted by Crippen LogP contribution is 2.18. The maximum atomic E-state index is 13.3.